The van der Waals surface area contributed by atoms with Gasteiger partial charge in [-0.25, -0.2) is 13.4 Å². The van der Waals surface area contributed by atoms with Crippen molar-refractivity contribution in [3.63, 3.8) is 0 Å². The average molecular weight is 389 g/mol. The normalized spacial score (nSPS) is 15.0. The minimum atomic E-state index is -3.61. The van der Waals surface area contributed by atoms with Gasteiger partial charge >= 0.3 is 0 Å². The summed E-state index contributed by atoms with van der Waals surface area (Å²) in [5.41, 5.74) is 1.66. The molecule has 0 spiro atoms. The molecule has 1 fully saturated rings. The van der Waals surface area contributed by atoms with E-state index in [1.165, 1.54) is 22.1 Å². The first kappa shape index (κ1) is 17.3. The van der Waals surface area contributed by atoms with E-state index in [1.54, 1.807) is 31.4 Å². The lowest BCUT2D eigenvalue weighted by Crippen LogP contribution is -2.25. The Balaban J connectivity index is 1.61. The second-order valence-electron chi connectivity index (χ2n) is 6.62. The summed E-state index contributed by atoms with van der Waals surface area (Å²) in [6.45, 7) is 1.94. The van der Waals surface area contributed by atoms with Crippen LogP contribution in [0.5, 0.6) is 0 Å². The molecule has 136 valence electrons. The molecule has 2 heterocycles. The van der Waals surface area contributed by atoms with E-state index in [0.717, 1.165) is 29.2 Å². The maximum absolute atomic E-state index is 12.9. The van der Waals surface area contributed by atoms with Crippen LogP contribution in [0.4, 0.5) is 5.69 Å². The summed E-state index contributed by atoms with van der Waals surface area (Å²) in [6, 6.07) is 10.9. The topological polar surface area (TPSA) is 63.4 Å². The molecule has 26 heavy (non-hydrogen) atoms. The van der Waals surface area contributed by atoms with Gasteiger partial charge in [0.2, 0.25) is 0 Å². The molecule has 2 aromatic heterocycles. The van der Waals surface area contributed by atoms with E-state index in [1.807, 2.05) is 25.1 Å². The zero-order valence-corrected chi connectivity index (χ0v) is 16.3. The molecule has 0 aliphatic heterocycles. The molecule has 0 atom stereocenters. The van der Waals surface area contributed by atoms with Crippen LogP contribution in [-0.2, 0) is 10.0 Å². The number of rotatable bonds is 5. The summed E-state index contributed by atoms with van der Waals surface area (Å²) in [5, 5.41) is 0. The van der Waals surface area contributed by atoms with E-state index < -0.39 is 10.0 Å². The van der Waals surface area contributed by atoms with Crippen LogP contribution in [0.25, 0.3) is 10.6 Å². The highest BCUT2D eigenvalue weighted by Gasteiger charge is 2.26. The zero-order chi connectivity index (χ0) is 18.3. The van der Waals surface area contributed by atoms with Crippen molar-refractivity contribution in [3.05, 3.63) is 54.0 Å². The molecule has 0 N–H and O–H groups in total. The third-order valence-electron chi connectivity index (χ3n) is 4.78. The molecule has 0 radical (unpaired) electrons. The van der Waals surface area contributed by atoms with Gasteiger partial charge in [-0.1, -0.05) is 18.6 Å². The van der Waals surface area contributed by atoms with Crippen molar-refractivity contribution in [3.8, 4) is 10.6 Å². The van der Waals surface area contributed by atoms with Gasteiger partial charge in [0.15, 0.2) is 11.7 Å². The predicted octanol–water partition coefficient (Wildman–Crippen LogP) is 4.80. The number of nitrogens with zero attached hydrogens (tertiary/aromatic N) is 2. The van der Waals surface area contributed by atoms with Crippen molar-refractivity contribution in [2.45, 2.75) is 36.3 Å². The first-order chi connectivity index (χ1) is 12.4. The van der Waals surface area contributed by atoms with Gasteiger partial charge in [-0.05, 0) is 49.6 Å². The van der Waals surface area contributed by atoms with Crippen LogP contribution in [0.1, 0.15) is 36.6 Å². The highest BCUT2D eigenvalue weighted by molar-refractivity contribution is 7.94. The molecule has 1 aliphatic carbocycles. The smallest absolute Gasteiger partial charge is 0.273 e. The van der Waals surface area contributed by atoms with Crippen LogP contribution >= 0.6 is 11.3 Å². The fourth-order valence-electron chi connectivity index (χ4n) is 2.93. The molecular weight excluding hydrogens is 368 g/mol. The summed E-state index contributed by atoms with van der Waals surface area (Å²) < 4.78 is 33.4. The molecule has 1 aromatic carbocycles. The number of hydrogen-bond acceptors (Lipinski definition) is 5. The third kappa shape index (κ3) is 3.05. The van der Waals surface area contributed by atoms with E-state index in [0.29, 0.717) is 17.4 Å². The Morgan fingerprint density at radius 3 is 2.73 bits per heavy atom. The number of hydrogen-bond donors (Lipinski definition) is 0. The van der Waals surface area contributed by atoms with Crippen molar-refractivity contribution in [2.24, 2.45) is 0 Å². The van der Waals surface area contributed by atoms with Crippen molar-refractivity contribution < 1.29 is 12.8 Å². The van der Waals surface area contributed by atoms with E-state index in [9.17, 15) is 8.42 Å². The van der Waals surface area contributed by atoms with E-state index >= 15 is 0 Å². The molecule has 5 nitrogen and oxygen atoms in total. The number of sulfonamides is 1. The SMILES string of the molecule is Cc1cccc(N(C)S(=O)(=O)c2ccc(-c3cnc(C4CCC4)o3)s2)c1. The Kier molecular flexibility index (Phi) is 4.36. The second kappa shape index (κ2) is 6.55. The number of benzene rings is 1. The molecule has 1 aliphatic rings. The van der Waals surface area contributed by atoms with E-state index in [4.69, 9.17) is 4.42 Å². The second-order valence-corrected chi connectivity index (χ2v) is 9.90. The standard InChI is InChI=1S/C19H20N2O3S2/c1-13-5-3-8-15(11-13)21(2)26(22,23)18-10-9-17(25-18)16-12-20-19(24-16)14-6-4-7-14/h3,5,8-12,14H,4,6-7H2,1-2H3. The largest absolute Gasteiger partial charge is 0.440 e. The highest BCUT2D eigenvalue weighted by Crippen LogP contribution is 2.39. The lowest BCUT2D eigenvalue weighted by Gasteiger charge is -2.21. The quantitative estimate of drug-likeness (QED) is 0.629. The van der Waals surface area contributed by atoms with Crippen LogP contribution in [0, 0.1) is 6.92 Å². The van der Waals surface area contributed by atoms with Gasteiger partial charge < -0.3 is 4.42 Å². The van der Waals surface area contributed by atoms with Gasteiger partial charge in [0.05, 0.1) is 16.8 Å². The number of anilines is 1. The molecule has 3 aromatic rings. The summed E-state index contributed by atoms with van der Waals surface area (Å²) in [4.78, 5) is 5.14. The van der Waals surface area contributed by atoms with Gasteiger partial charge in [-0.2, -0.15) is 0 Å². The minimum absolute atomic E-state index is 0.290. The van der Waals surface area contributed by atoms with Crippen LogP contribution in [0.15, 0.2) is 51.2 Å². The van der Waals surface area contributed by atoms with Crippen molar-refractivity contribution in [1.29, 1.82) is 0 Å². The Morgan fingerprint density at radius 1 is 1.23 bits per heavy atom. The highest BCUT2D eigenvalue weighted by atomic mass is 32.2. The maximum atomic E-state index is 12.9. The Hall–Kier alpha value is -2.12. The number of aromatic nitrogens is 1. The van der Waals surface area contributed by atoms with Gasteiger partial charge in [0.1, 0.15) is 4.21 Å². The molecule has 0 unspecified atom stereocenters. The molecule has 4 rings (SSSR count). The predicted molar refractivity (Wildman–Crippen MR) is 103 cm³/mol. The molecule has 7 heteroatoms. The fourth-order valence-corrected chi connectivity index (χ4v) is 5.55. The Labute approximate surface area is 157 Å². The van der Waals surface area contributed by atoms with Crippen LogP contribution in [0.2, 0.25) is 0 Å². The van der Waals surface area contributed by atoms with Gasteiger partial charge in [-0.3, -0.25) is 4.31 Å². The molecule has 0 bridgehead atoms. The number of thiophene rings is 1. The summed E-state index contributed by atoms with van der Waals surface area (Å²) >= 11 is 1.21. The van der Waals surface area contributed by atoms with Gasteiger partial charge in [0.25, 0.3) is 10.0 Å². The Morgan fingerprint density at radius 2 is 2.04 bits per heavy atom. The van der Waals surface area contributed by atoms with Crippen LogP contribution in [0.3, 0.4) is 0 Å². The van der Waals surface area contributed by atoms with Crippen molar-refractivity contribution in [1.82, 2.24) is 4.98 Å². The van der Waals surface area contributed by atoms with Gasteiger partial charge in [0, 0.05) is 13.0 Å². The first-order valence-corrected chi connectivity index (χ1v) is 10.8. The third-order valence-corrected chi connectivity index (χ3v) is 8.13. The number of oxazole rings is 1. The lowest BCUT2D eigenvalue weighted by molar-refractivity contribution is 0.338. The minimum Gasteiger partial charge on any atom is -0.440 e. The van der Waals surface area contributed by atoms with E-state index in [-0.39, 0.29) is 4.21 Å². The Bertz CT molecular complexity index is 1030. The summed E-state index contributed by atoms with van der Waals surface area (Å²) in [6.07, 6.45) is 5.14. The van der Waals surface area contributed by atoms with Crippen molar-refractivity contribution >= 4 is 27.0 Å². The lowest BCUT2D eigenvalue weighted by atomic mass is 9.85. The van der Waals surface area contributed by atoms with E-state index in [2.05, 4.69) is 4.98 Å². The van der Waals surface area contributed by atoms with Gasteiger partial charge in [-0.15, -0.1) is 11.3 Å². The fraction of sp³-hybridized carbons (Fsp3) is 0.316. The maximum Gasteiger partial charge on any atom is 0.273 e. The van der Waals surface area contributed by atoms with Crippen molar-refractivity contribution in [2.75, 3.05) is 11.4 Å². The monoisotopic (exact) mass is 388 g/mol. The summed E-state index contributed by atoms with van der Waals surface area (Å²) in [5.74, 6) is 1.82. The van der Waals surface area contributed by atoms with Crippen LogP contribution in [-0.4, -0.2) is 20.4 Å². The molecular formula is C19H20N2O3S2. The molecule has 1 saturated carbocycles. The first-order valence-electron chi connectivity index (χ1n) is 8.57. The van der Waals surface area contributed by atoms with Crippen LogP contribution < -0.4 is 4.31 Å². The summed E-state index contributed by atoms with van der Waals surface area (Å²) in [7, 11) is -2.03. The average Bonchev–Trinajstić information content (AvgIpc) is 3.22. The molecule has 0 amide bonds. The molecule has 0 saturated heterocycles. The number of aryl methyl sites for hydroxylation is 1. The zero-order valence-electron chi connectivity index (χ0n) is 14.7.